The van der Waals surface area contributed by atoms with Gasteiger partial charge in [-0.05, 0) is 54.8 Å². The topological polar surface area (TPSA) is 17.1 Å². The summed E-state index contributed by atoms with van der Waals surface area (Å²) in [5.74, 6) is 2.87. The second-order valence-corrected chi connectivity index (χ2v) is 8.06. The van der Waals surface area contributed by atoms with E-state index in [9.17, 15) is 4.79 Å². The average molecular weight is 248 g/mol. The minimum atomic E-state index is 0.328. The molecule has 3 fully saturated rings. The van der Waals surface area contributed by atoms with Crippen LogP contribution < -0.4 is 0 Å². The third kappa shape index (κ3) is 1.42. The fourth-order valence-electron chi connectivity index (χ4n) is 5.57. The highest BCUT2D eigenvalue weighted by Gasteiger charge is 2.63. The number of ketones is 1. The first-order chi connectivity index (χ1) is 8.38. The molecule has 0 saturated heterocycles. The Hall–Kier alpha value is -0.330. The molecule has 0 aromatic heterocycles. The van der Waals surface area contributed by atoms with Crippen LogP contribution in [0.4, 0.5) is 0 Å². The second kappa shape index (κ2) is 3.84. The lowest BCUT2D eigenvalue weighted by Gasteiger charge is -2.44. The van der Waals surface area contributed by atoms with Gasteiger partial charge < -0.3 is 0 Å². The molecule has 4 unspecified atom stereocenters. The fourth-order valence-corrected chi connectivity index (χ4v) is 5.57. The molecule has 0 aromatic carbocycles. The zero-order valence-electron chi connectivity index (χ0n) is 12.5. The molecule has 0 aliphatic heterocycles. The van der Waals surface area contributed by atoms with Gasteiger partial charge in [-0.2, -0.15) is 0 Å². The number of carbonyl (C=O) groups is 1. The highest BCUT2D eigenvalue weighted by molar-refractivity contribution is 5.84. The Balaban J connectivity index is 1.89. The number of hydrogen-bond donors (Lipinski definition) is 0. The van der Waals surface area contributed by atoms with Crippen molar-refractivity contribution < 1.29 is 4.79 Å². The first kappa shape index (κ1) is 12.7. The molecular formula is C17H28O. The number of Topliss-reactive ketones (excluding diaryl/α,β-unsaturated/α-hetero) is 1. The van der Waals surface area contributed by atoms with Crippen molar-refractivity contribution in [1.29, 1.82) is 0 Å². The molecule has 0 heterocycles. The summed E-state index contributed by atoms with van der Waals surface area (Å²) in [5.41, 5.74) is 0.883. The van der Waals surface area contributed by atoms with Gasteiger partial charge in [-0.3, -0.25) is 4.79 Å². The SMILES string of the molecule is C[C@H]1CCCC(C2CC3CCC2(C)C3(C)C)C1=O. The van der Waals surface area contributed by atoms with Crippen LogP contribution in [0.5, 0.6) is 0 Å². The molecule has 0 amide bonds. The predicted octanol–water partition coefficient (Wildman–Crippen LogP) is 4.45. The monoisotopic (exact) mass is 248 g/mol. The van der Waals surface area contributed by atoms with Gasteiger partial charge in [0.25, 0.3) is 0 Å². The van der Waals surface area contributed by atoms with Crippen LogP contribution in [-0.2, 0) is 4.79 Å². The molecule has 0 spiro atoms. The van der Waals surface area contributed by atoms with Crippen LogP contribution in [0.2, 0.25) is 0 Å². The van der Waals surface area contributed by atoms with E-state index in [2.05, 4.69) is 27.7 Å². The van der Waals surface area contributed by atoms with E-state index >= 15 is 0 Å². The highest BCUT2D eigenvalue weighted by atomic mass is 16.1. The van der Waals surface area contributed by atoms with E-state index in [1.165, 1.54) is 32.1 Å². The minimum Gasteiger partial charge on any atom is -0.299 e. The van der Waals surface area contributed by atoms with Gasteiger partial charge in [-0.1, -0.05) is 34.1 Å². The van der Waals surface area contributed by atoms with Crippen molar-refractivity contribution in [3.63, 3.8) is 0 Å². The van der Waals surface area contributed by atoms with Crippen molar-refractivity contribution in [2.24, 2.45) is 34.5 Å². The van der Waals surface area contributed by atoms with Crippen LogP contribution in [-0.4, -0.2) is 5.78 Å². The molecule has 0 aromatic rings. The van der Waals surface area contributed by atoms with Crippen molar-refractivity contribution in [3.05, 3.63) is 0 Å². The Labute approximate surface area is 112 Å². The summed E-state index contributed by atoms with van der Waals surface area (Å²) in [5, 5.41) is 0. The first-order valence-corrected chi connectivity index (χ1v) is 7.91. The Morgan fingerprint density at radius 2 is 1.83 bits per heavy atom. The molecule has 3 rings (SSSR count). The highest BCUT2D eigenvalue weighted by Crippen LogP contribution is 2.70. The van der Waals surface area contributed by atoms with E-state index < -0.39 is 0 Å². The molecular weight excluding hydrogens is 220 g/mol. The van der Waals surface area contributed by atoms with E-state index in [1.807, 2.05) is 0 Å². The smallest absolute Gasteiger partial charge is 0.139 e. The molecule has 5 atom stereocenters. The predicted molar refractivity (Wildman–Crippen MR) is 74.2 cm³/mol. The van der Waals surface area contributed by atoms with Crippen molar-refractivity contribution in [2.45, 2.75) is 66.2 Å². The minimum absolute atomic E-state index is 0.328. The largest absolute Gasteiger partial charge is 0.299 e. The number of rotatable bonds is 1. The summed E-state index contributed by atoms with van der Waals surface area (Å²) in [4.78, 5) is 12.5. The van der Waals surface area contributed by atoms with Gasteiger partial charge in [0.1, 0.15) is 5.78 Å². The lowest BCUT2D eigenvalue weighted by atomic mass is 9.60. The van der Waals surface area contributed by atoms with Gasteiger partial charge in [0, 0.05) is 11.8 Å². The van der Waals surface area contributed by atoms with Gasteiger partial charge in [0.05, 0.1) is 0 Å². The van der Waals surface area contributed by atoms with Crippen molar-refractivity contribution in [1.82, 2.24) is 0 Å². The molecule has 0 radical (unpaired) electrons. The summed E-state index contributed by atoms with van der Waals surface area (Å²) < 4.78 is 0. The average Bonchev–Trinajstić information content (AvgIpc) is 2.65. The molecule has 102 valence electrons. The van der Waals surface area contributed by atoms with E-state index in [4.69, 9.17) is 0 Å². The molecule has 0 N–H and O–H groups in total. The Morgan fingerprint density at radius 3 is 2.39 bits per heavy atom. The quantitative estimate of drug-likeness (QED) is 0.670. The molecule has 3 saturated carbocycles. The summed E-state index contributed by atoms with van der Waals surface area (Å²) >= 11 is 0. The van der Waals surface area contributed by atoms with Crippen LogP contribution in [0, 0.1) is 34.5 Å². The van der Waals surface area contributed by atoms with Gasteiger partial charge in [-0.15, -0.1) is 0 Å². The van der Waals surface area contributed by atoms with E-state index in [-0.39, 0.29) is 0 Å². The van der Waals surface area contributed by atoms with Crippen molar-refractivity contribution >= 4 is 5.78 Å². The van der Waals surface area contributed by atoms with Crippen molar-refractivity contribution in [2.75, 3.05) is 0 Å². The standard InChI is InChI=1S/C17H28O/c1-11-6-5-7-13(15(11)18)14-10-12-8-9-17(14,4)16(12,2)3/h11-14H,5-10H2,1-4H3/t11-,12?,13?,14?,17?/m0/s1. The summed E-state index contributed by atoms with van der Waals surface area (Å²) in [6.07, 6.45) is 7.66. The van der Waals surface area contributed by atoms with E-state index in [1.54, 1.807) is 0 Å². The molecule has 1 heteroatoms. The maximum Gasteiger partial charge on any atom is 0.139 e. The second-order valence-electron chi connectivity index (χ2n) is 8.06. The molecule has 2 bridgehead atoms. The maximum absolute atomic E-state index is 12.5. The lowest BCUT2D eigenvalue weighted by Crippen LogP contribution is -2.41. The third-order valence-corrected chi connectivity index (χ3v) is 7.35. The van der Waals surface area contributed by atoms with E-state index in [0.29, 0.717) is 34.4 Å². The normalized spacial score (nSPS) is 50.8. The number of carbonyl (C=O) groups excluding carboxylic acids is 1. The van der Waals surface area contributed by atoms with Crippen LogP contribution in [0.15, 0.2) is 0 Å². The summed E-state index contributed by atoms with van der Waals surface area (Å²) in [7, 11) is 0. The zero-order valence-corrected chi connectivity index (χ0v) is 12.5. The fraction of sp³-hybridized carbons (Fsp3) is 0.941. The van der Waals surface area contributed by atoms with Gasteiger partial charge >= 0.3 is 0 Å². The Bertz CT molecular complexity index is 370. The number of fused-ring (bicyclic) bond motifs is 2. The first-order valence-electron chi connectivity index (χ1n) is 7.91. The lowest BCUT2D eigenvalue weighted by molar-refractivity contribution is -0.133. The summed E-state index contributed by atoms with van der Waals surface area (Å²) in [6.45, 7) is 9.55. The Morgan fingerprint density at radius 1 is 1.11 bits per heavy atom. The van der Waals surface area contributed by atoms with Crippen LogP contribution in [0.25, 0.3) is 0 Å². The summed E-state index contributed by atoms with van der Waals surface area (Å²) in [6, 6.07) is 0. The molecule has 18 heavy (non-hydrogen) atoms. The third-order valence-electron chi connectivity index (χ3n) is 7.35. The Kier molecular flexibility index (Phi) is 2.70. The van der Waals surface area contributed by atoms with Gasteiger partial charge in [0.15, 0.2) is 0 Å². The van der Waals surface area contributed by atoms with Crippen LogP contribution in [0.3, 0.4) is 0 Å². The molecule has 3 aliphatic carbocycles. The number of hydrogen-bond acceptors (Lipinski definition) is 1. The molecule has 3 aliphatic rings. The molecule has 1 nitrogen and oxygen atoms in total. The van der Waals surface area contributed by atoms with E-state index in [0.717, 1.165) is 12.3 Å². The van der Waals surface area contributed by atoms with Gasteiger partial charge in [-0.25, -0.2) is 0 Å². The zero-order chi connectivity index (χ0) is 13.1. The maximum atomic E-state index is 12.5. The van der Waals surface area contributed by atoms with Gasteiger partial charge in [0.2, 0.25) is 0 Å². The van der Waals surface area contributed by atoms with Crippen LogP contribution in [0.1, 0.15) is 66.2 Å². The van der Waals surface area contributed by atoms with Crippen molar-refractivity contribution in [3.8, 4) is 0 Å². The van der Waals surface area contributed by atoms with Crippen LogP contribution >= 0.6 is 0 Å².